The van der Waals surface area contributed by atoms with E-state index in [0.29, 0.717) is 22.9 Å². The molecule has 1 N–H and O–H groups in total. The molecule has 2 aromatic rings. The lowest BCUT2D eigenvalue weighted by Crippen LogP contribution is -2.27. The smallest absolute Gasteiger partial charge is 0.309 e. The van der Waals surface area contributed by atoms with Gasteiger partial charge in [0.2, 0.25) is 0 Å². The van der Waals surface area contributed by atoms with E-state index in [4.69, 9.17) is 4.74 Å². The van der Waals surface area contributed by atoms with Gasteiger partial charge < -0.3 is 9.84 Å². The molecule has 4 nitrogen and oxygen atoms in total. The van der Waals surface area contributed by atoms with E-state index < -0.39 is 5.92 Å². The predicted octanol–water partition coefficient (Wildman–Crippen LogP) is 2.46. The molecule has 0 aromatic heterocycles. The van der Waals surface area contributed by atoms with E-state index in [2.05, 4.69) is 0 Å². The minimum absolute atomic E-state index is 0.0198. The van der Waals surface area contributed by atoms with Crippen molar-refractivity contribution < 1.29 is 19.4 Å². The first-order valence-electron chi connectivity index (χ1n) is 6.46. The molecule has 20 heavy (non-hydrogen) atoms. The number of hydrogen-bond acceptors (Lipinski definition) is 4. The van der Waals surface area contributed by atoms with Crippen LogP contribution >= 0.6 is 0 Å². The normalized spacial score (nSPS) is 17.9. The first kappa shape index (κ1) is 12.7. The van der Waals surface area contributed by atoms with Crippen LogP contribution in [-0.4, -0.2) is 24.0 Å². The lowest BCUT2D eigenvalue weighted by Gasteiger charge is -2.23. The Balaban J connectivity index is 2.17. The number of rotatable bonds is 1. The van der Waals surface area contributed by atoms with Gasteiger partial charge in [-0.25, -0.2) is 0 Å². The summed E-state index contributed by atoms with van der Waals surface area (Å²) in [5, 5.41) is 11.8. The maximum absolute atomic E-state index is 12.2. The van der Waals surface area contributed by atoms with E-state index in [1.54, 1.807) is 6.07 Å². The minimum Gasteiger partial charge on any atom is -0.507 e. The van der Waals surface area contributed by atoms with Gasteiger partial charge in [0.15, 0.2) is 5.78 Å². The SMILES string of the molecule is COC(=O)C1CC(=O)c2c(cc3ccccc3c2O)C1. The maximum Gasteiger partial charge on any atom is 0.309 e. The number of aromatic hydroxyl groups is 1. The van der Waals surface area contributed by atoms with Crippen molar-refractivity contribution in [3.63, 3.8) is 0 Å². The summed E-state index contributed by atoms with van der Waals surface area (Å²) in [6.07, 6.45) is 0.512. The molecular formula is C16H14O4. The summed E-state index contributed by atoms with van der Waals surface area (Å²) in [5.74, 6) is -1.02. The molecule has 0 spiro atoms. The number of phenols is 1. The monoisotopic (exact) mass is 270 g/mol. The van der Waals surface area contributed by atoms with Crippen LogP contribution in [0.25, 0.3) is 10.8 Å². The Hall–Kier alpha value is -2.36. The Morgan fingerprint density at radius 1 is 1.30 bits per heavy atom. The summed E-state index contributed by atoms with van der Waals surface area (Å²) < 4.78 is 4.72. The summed E-state index contributed by atoms with van der Waals surface area (Å²) in [7, 11) is 1.32. The molecule has 1 unspecified atom stereocenters. The highest BCUT2D eigenvalue weighted by Gasteiger charge is 2.33. The summed E-state index contributed by atoms with van der Waals surface area (Å²) >= 11 is 0. The standard InChI is InChI=1S/C16H14O4/c1-20-16(19)11-7-10-6-9-4-2-3-5-12(9)15(18)14(10)13(17)8-11/h2-6,11,18H,7-8H2,1H3. The third-order valence-corrected chi connectivity index (χ3v) is 3.82. The molecule has 0 heterocycles. The van der Waals surface area contributed by atoms with Crippen LogP contribution in [0.3, 0.4) is 0 Å². The second kappa shape index (κ2) is 4.63. The van der Waals surface area contributed by atoms with Crippen molar-refractivity contribution in [1.82, 2.24) is 0 Å². The fourth-order valence-electron chi connectivity index (χ4n) is 2.85. The van der Waals surface area contributed by atoms with Gasteiger partial charge in [-0.15, -0.1) is 0 Å². The van der Waals surface area contributed by atoms with E-state index in [1.807, 2.05) is 24.3 Å². The van der Waals surface area contributed by atoms with E-state index in [1.165, 1.54) is 7.11 Å². The summed E-state index contributed by atoms with van der Waals surface area (Å²) in [6.45, 7) is 0. The molecule has 0 amide bonds. The quantitative estimate of drug-likeness (QED) is 0.808. The Morgan fingerprint density at radius 3 is 2.80 bits per heavy atom. The van der Waals surface area contributed by atoms with Crippen LogP contribution in [0.2, 0.25) is 0 Å². The lowest BCUT2D eigenvalue weighted by molar-refractivity contribution is -0.145. The van der Waals surface area contributed by atoms with Gasteiger partial charge in [0, 0.05) is 11.8 Å². The Bertz CT molecular complexity index is 718. The third kappa shape index (κ3) is 1.84. The number of hydrogen-bond donors (Lipinski definition) is 1. The van der Waals surface area contributed by atoms with Crippen molar-refractivity contribution in [2.24, 2.45) is 5.92 Å². The molecule has 0 aliphatic heterocycles. The number of carbonyl (C=O) groups excluding carboxylic acids is 2. The average molecular weight is 270 g/mol. The number of esters is 1. The van der Waals surface area contributed by atoms with E-state index >= 15 is 0 Å². The van der Waals surface area contributed by atoms with Crippen LogP contribution in [-0.2, 0) is 16.0 Å². The zero-order valence-electron chi connectivity index (χ0n) is 11.1. The number of phenolic OH excluding ortho intramolecular Hbond substituents is 1. The van der Waals surface area contributed by atoms with E-state index in [0.717, 1.165) is 5.39 Å². The number of Topliss-reactive ketones (excluding diaryl/α,β-unsaturated/α-hetero) is 1. The van der Waals surface area contributed by atoms with Crippen LogP contribution in [0.4, 0.5) is 0 Å². The lowest BCUT2D eigenvalue weighted by atomic mass is 9.81. The zero-order chi connectivity index (χ0) is 14.3. The van der Waals surface area contributed by atoms with Gasteiger partial charge in [-0.2, -0.15) is 0 Å². The average Bonchev–Trinajstić information content (AvgIpc) is 2.46. The van der Waals surface area contributed by atoms with Gasteiger partial charge >= 0.3 is 5.97 Å². The summed E-state index contributed by atoms with van der Waals surface area (Å²) in [6, 6.07) is 9.22. The van der Waals surface area contributed by atoms with Crippen LogP contribution in [0, 0.1) is 5.92 Å². The van der Waals surface area contributed by atoms with Crippen LogP contribution in [0.15, 0.2) is 30.3 Å². The van der Waals surface area contributed by atoms with Gasteiger partial charge in [-0.05, 0) is 17.4 Å². The molecule has 3 rings (SSSR count). The van der Waals surface area contributed by atoms with E-state index in [9.17, 15) is 14.7 Å². The first-order chi connectivity index (χ1) is 9.61. The minimum atomic E-state index is -0.458. The van der Waals surface area contributed by atoms with Gasteiger partial charge in [0.25, 0.3) is 0 Å². The molecule has 102 valence electrons. The fourth-order valence-corrected chi connectivity index (χ4v) is 2.85. The van der Waals surface area contributed by atoms with Crippen molar-refractivity contribution >= 4 is 22.5 Å². The van der Waals surface area contributed by atoms with Crippen molar-refractivity contribution in [3.05, 3.63) is 41.5 Å². The predicted molar refractivity (Wildman–Crippen MR) is 73.8 cm³/mol. The summed E-state index contributed by atoms with van der Waals surface area (Å²) in [5.41, 5.74) is 1.07. The number of benzene rings is 2. The molecular weight excluding hydrogens is 256 g/mol. The summed E-state index contributed by atoms with van der Waals surface area (Å²) in [4.78, 5) is 23.8. The number of ketones is 1. The highest BCUT2D eigenvalue weighted by atomic mass is 16.5. The van der Waals surface area contributed by atoms with Crippen LogP contribution < -0.4 is 0 Å². The van der Waals surface area contributed by atoms with E-state index in [-0.39, 0.29) is 23.9 Å². The number of ether oxygens (including phenoxy) is 1. The Morgan fingerprint density at radius 2 is 2.05 bits per heavy atom. The highest BCUT2D eigenvalue weighted by Crippen LogP contribution is 2.37. The fraction of sp³-hybridized carbons (Fsp3) is 0.250. The molecule has 2 aromatic carbocycles. The van der Waals surface area contributed by atoms with Crippen molar-refractivity contribution in [2.45, 2.75) is 12.8 Å². The first-order valence-corrected chi connectivity index (χ1v) is 6.46. The molecule has 1 aliphatic carbocycles. The molecule has 0 radical (unpaired) electrons. The molecule has 4 heteroatoms. The molecule has 1 atom stereocenters. The van der Waals surface area contributed by atoms with Crippen LogP contribution in [0.1, 0.15) is 22.3 Å². The highest BCUT2D eigenvalue weighted by molar-refractivity contribution is 6.08. The van der Waals surface area contributed by atoms with Gasteiger partial charge in [-0.1, -0.05) is 30.3 Å². The molecule has 0 saturated heterocycles. The molecule has 0 saturated carbocycles. The number of carbonyl (C=O) groups is 2. The van der Waals surface area contributed by atoms with Crippen molar-refractivity contribution in [3.8, 4) is 5.75 Å². The van der Waals surface area contributed by atoms with Gasteiger partial charge in [0.1, 0.15) is 5.75 Å². The topological polar surface area (TPSA) is 63.6 Å². The Kier molecular flexibility index (Phi) is 2.93. The molecule has 0 bridgehead atoms. The largest absolute Gasteiger partial charge is 0.507 e. The second-order valence-corrected chi connectivity index (χ2v) is 5.03. The maximum atomic E-state index is 12.2. The Labute approximate surface area is 116 Å². The number of fused-ring (bicyclic) bond motifs is 2. The second-order valence-electron chi connectivity index (χ2n) is 5.03. The van der Waals surface area contributed by atoms with Gasteiger partial charge in [0.05, 0.1) is 18.6 Å². The van der Waals surface area contributed by atoms with Gasteiger partial charge in [-0.3, -0.25) is 9.59 Å². The third-order valence-electron chi connectivity index (χ3n) is 3.82. The number of methoxy groups -OCH3 is 1. The molecule has 1 aliphatic rings. The van der Waals surface area contributed by atoms with Crippen molar-refractivity contribution in [1.29, 1.82) is 0 Å². The zero-order valence-corrected chi connectivity index (χ0v) is 11.1. The van der Waals surface area contributed by atoms with Crippen LogP contribution in [0.5, 0.6) is 5.75 Å². The molecule has 0 fully saturated rings. The van der Waals surface area contributed by atoms with Crippen molar-refractivity contribution in [2.75, 3.05) is 7.11 Å².